The fraction of sp³-hybridized carbons (Fsp3) is 0.391. The fourth-order valence-electron chi connectivity index (χ4n) is 3.38. The Morgan fingerprint density at radius 2 is 1.79 bits per heavy atom. The van der Waals surface area contributed by atoms with Gasteiger partial charge in [-0.1, -0.05) is 24.3 Å². The summed E-state index contributed by atoms with van der Waals surface area (Å²) in [6.45, 7) is 9.81. The van der Waals surface area contributed by atoms with Crippen molar-refractivity contribution in [2.45, 2.75) is 24.9 Å². The van der Waals surface area contributed by atoms with Crippen molar-refractivity contribution in [3.05, 3.63) is 71.1 Å². The van der Waals surface area contributed by atoms with Crippen molar-refractivity contribution >= 4 is 11.7 Å². The van der Waals surface area contributed by atoms with Crippen LogP contribution in [0.1, 0.15) is 28.8 Å². The highest BCUT2D eigenvalue weighted by Crippen LogP contribution is 2.24. The molecule has 0 amide bonds. The van der Waals surface area contributed by atoms with Crippen molar-refractivity contribution in [2.75, 3.05) is 33.4 Å². The van der Waals surface area contributed by atoms with Crippen LogP contribution in [0.25, 0.3) is 4.85 Å². The fourth-order valence-corrected chi connectivity index (χ4v) is 3.38. The molecule has 29 heavy (non-hydrogen) atoms. The predicted octanol–water partition coefficient (Wildman–Crippen LogP) is 3.47. The van der Waals surface area contributed by atoms with E-state index in [-0.39, 0.29) is 12.6 Å². The quantitative estimate of drug-likeness (QED) is 0.576. The molecule has 2 aromatic rings. The lowest BCUT2D eigenvalue weighted by molar-refractivity contribution is -0.0521. The number of hydrogen-bond acceptors (Lipinski definition) is 5. The van der Waals surface area contributed by atoms with Crippen molar-refractivity contribution in [3.63, 3.8) is 0 Å². The van der Waals surface area contributed by atoms with E-state index < -0.39 is 5.60 Å². The number of aliphatic hydroxyl groups is 1. The molecular formula is C23H26N2O4. The third kappa shape index (κ3) is 5.80. The van der Waals surface area contributed by atoms with Gasteiger partial charge in [0.25, 0.3) is 0 Å². The lowest BCUT2D eigenvalue weighted by Crippen LogP contribution is -2.48. The van der Waals surface area contributed by atoms with E-state index in [1.807, 2.05) is 24.3 Å². The summed E-state index contributed by atoms with van der Waals surface area (Å²) in [7, 11) is 1.35. The summed E-state index contributed by atoms with van der Waals surface area (Å²) in [5, 5.41) is 10.8. The molecule has 1 heterocycles. The molecule has 6 nitrogen and oxygen atoms in total. The van der Waals surface area contributed by atoms with Crippen LogP contribution in [0.5, 0.6) is 5.75 Å². The molecule has 2 aromatic carbocycles. The van der Waals surface area contributed by atoms with Gasteiger partial charge in [0, 0.05) is 19.6 Å². The first-order valence-corrected chi connectivity index (χ1v) is 9.74. The van der Waals surface area contributed by atoms with E-state index in [0.29, 0.717) is 29.8 Å². The summed E-state index contributed by atoms with van der Waals surface area (Å²) in [5.74, 6) is 0.237. The third-order valence-electron chi connectivity index (χ3n) is 5.35. The molecule has 1 fully saturated rings. The number of benzene rings is 2. The zero-order valence-corrected chi connectivity index (χ0v) is 16.6. The first-order valence-electron chi connectivity index (χ1n) is 9.74. The van der Waals surface area contributed by atoms with Crippen LogP contribution in [0.2, 0.25) is 0 Å². The molecule has 0 radical (unpaired) electrons. The Morgan fingerprint density at radius 1 is 1.14 bits per heavy atom. The number of hydrogen-bond donors (Lipinski definition) is 1. The molecule has 0 aromatic heterocycles. The number of carbonyl (C=O) groups excluding carboxylic acids is 1. The standard InChI is InChI=1S/C23H26N2O4/c1-24-20-7-3-18(4-8-20)11-14-25-15-12-23(27,13-16-25)17-29-21-9-5-19(6-10-21)22(26)28-2/h3-10,27H,11-17H2,2H3. The summed E-state index contributed by atoms with van der Waals surface area (Å²) < 4.78 is 10.4. The zero-order chi connectivity index (χ0) is 20.7. The Hall–Kier alpha value is -2.88. The van der Waals surface area contributed by atoms with Gasteiger partial charge in [-0.3, -0.25) is 0 Å². The molecule has 1 N–H and O–H groups in total. The largest absolute Gasteiger partial charge is 0.491 e. The molecule has 1 aliphatic heterocycles. The first kappa shape index (κ1) is 20.8. The highest BCUT2D eigenvalue weighted by Gasteiger charge is 2.33. The van der Waals surface area contributed by atoms with E-state index in [2.05, 4.69) is 14.5 Å². The number of carbonyl (C=O) groups is 1. The maximum absolute atomic E-state index is 11.5. The van der Waals surface area contributed by atoms with E-state index in [9.17, 15) is 9.90 Å². The normalized spacial score (nSPS) is 16.0. The van der Waals surface area contributed by atoms with Crippen LogP contribution in [0, 0.1) is 6.57 Å². The van der Waals surface area contributed by atoms with Gasteiger partial charge in [-0.15, -0.1) is 0 Å². The summed E-state index contributed by atoms with van der Waals surface area (Å²) >= 11 is 0. The number of esters is 1. The van der Waals surface area contributed by atoms with Gasteiger partial charge < -0.3 is 19.5 Å². The molecule has 0 aliphatic carbocycles. The Labute approximate surface area is 171 Å². The van der Waals surface area contributed by atoms with Gasteiger partial charge in [-0.2, -0.15) is 0 Å². The number of piperidine rings is 1. The Morgan fingerprint density at radius 3 is 2.38 bits per heavy atom. The van der Waals surface area contributed by atoms with Crippen LogP contribution in [0.4, 0.5) is 5.69 Å². The van der Waals surface area contributed by atoms with Crippen LogP contribution >= 0.6 is 0 Å². The number of likely N-dealkylation sites (tertiary alicyclic amines) is 1. The van der Waals surface area contributed by atoms with E-state index in [1.54, 1.807) is 24.3 Å². The second kappa shape index (κ2) is 9.55. The topological polar surface area (TPSA) is 63.4 Å². The zero-order valence-electron chi connectivity index (χ0n) is 16.6. The van der Waals surface area contributed by atoms with Crippen LogP contribution < -0.4 is 4.74 Å². The summed E-state index contributed by atoms with van der Waals surface area (Å²) in [6, 6.07) is 14.4. The van der Waals surface area contributed by atoms with E-state index in [4.69, 9.17) is 11.3 Å². The molecule has 3 rings (SSSR count). The van der Waals surface area contributed by atoms with Gasteiger partial charge in [0.15, 0.2) is 5.69 Å². The van der Waals surface area contributed by atoms with Gasteiger partial charge in [-0.25, -0.2) is 9.64 Å². The highest BCUT2D eigenvalue weighted by atomic mass is 16.5. The lowest BCUT2D eigenvalue weighted by Gasteiger charge is -2.38. The maximum Gasteiger partial charge on any atom is 0.337 e. The third-order valence-corrected chi connectivity index (χ3v) is 5.35. The van der Waals surface area contributed by atoms with Crippen LogP contribution in [-0.2, 0) is 11.2 Å². The molecule has 0 saturated carbocycles. The summed E-state index contributed by atoms with van der Waals surface area (Å²) in [4.78, 5) is 17.2. The SMILES string of the molecule is [C-]#[N+]c1ccc(CCN2CCC(O)(COc3ccc(C(=O)OC)cc3)CC2)cc1. The van der Waals surface area contributed by atoms with Crippen molar-refractivity contribution in [3.8, 4) is 5.75 Å². The minimum Gasteiger partial charge on any atom is -0.491 e. The van der Waals surface area contributed by atoms with Gasteiger partial charge >= 0.3 is 5.97 Å². The number of rotatable bonds is 7. The van der Waals surface area contributed by atoms with Crippen molar-refractivity contribution in [1.82, 2.24) is 4.90 Å². The molecule has 6 heteroatoms. The number of ether oxygens (including phenoxy) is 2. The van der Waals surface area contributed by atoms with E-state index in [1.165, 1.54) is 12.7 Å². The molecular weight excluding hydrogens is 368 g/mol. The Bertz CT molecular complexity index is 848. The summed E-state index contributed by atoms with van der Waals surface area (Å²) in [5.41, 5.74) is 1.51. The lowest BCUT2D eigenvalue weighted by atomic mass is 9.92. The Kier molecular flexibility index (Phi) is 6.86. The van der Waals surface area contributed by atoms with Gasteiger partial charge in [0.1, 0.15) is 18.0 Å². The molecule has 152 valence electrons. The van der Waals surface area contributed by atoms with Crippen LogP contribution in [0.15, 0.2) is 48.5 Å². The maximum atomic E-state index is 11.5. The number of methoxy groups -OCH3 is 1. The molecule has 0 unspecified atom stereocenters. The monoisotopic (exact) mass is 394 g/mol. The van der Waals surface area contributed by atoms with Crippen molar-refractivity contribution in [2.24, 2.45) is 0 Å². The highest BCUT2D eigenvalue weighted by molar-refractivity contribution is 5.89. The smallest absolute Gasteiger partial charge is 0.337 e. The van der Waals surface area contributed by atoms with Crippen molar-refractivity contribution < 1.29 is 19.4 Å². The average molecular weight is 394 g/mol. The first-order chi connectivity index (χ1) is 14.0. The minimum absolute atomic E-state index is 0.233. The van der Waals surface area contributed by atoms with Gasteiger partial charge in [0.05, 0.1) is 19.2 Å². The number of nitrogens with zero attached hydrogens (tertiary/aromatic N) is 2. The molecule has 0 atom stereocenters. The van der Waals surface area contributed by atoms with Crippen molar-refractivity contribution in [1.29, 1.82) is 0 Å². The second-order valence-corrected chi connectivity index (χ2v) is 7.40. The predicted molar refractivity (Wildman–Crippen MR) is 110 cm³/mol. The molecule has 1 aliphatic rings. The molecule has 1 saturated heterocycles. The Balaban J connectivity index is 1.42. The minimum atomic E-state index is -0.838. The molecule has 0 bridgehead atoms. The van der Waals surface area contributed by atoms with E-state index >= 15 is 0 Å². The molecule has 0 spiro atoms. The van der Waals surface area contributed by atoms with E-state index in [0.717, 1.165) is 26.1 Å². The van der Waals surface area contributed by atoms with Crippen LogP contribution in [0.3, 0.4) is 0 Å². The van der Waals surface area contributed by atoms with Gasteiger partial charge in [-0.05, 0) is 49.1 Å². The average Bonchev–Trinajstić information content (AvgIpc) is 2.77. The van der Waals surface area contributed by atoms with Crippen LogP contribution in [-0.4, -0.2) is 54.9 Å². The second-order valence-electron chi connectivity index (χ2n) is 7.40. The summed E-state index contributed by atoms with van der Waals surface area (Å²) in [6.07, 6.45) is 2.24. The van der Waals surface area contributed by atoms with Gasteiger partial charge in [0.2, 0.25) is 0 Å².